The molecule has 4 aromatic heterocycles. The van der Waals surface area contributed by atoms with Crippen molar-refractivity contribution in [3.05, 3.63) is 176 Å². The molecule has 0 radical (unpaired) electrons. The maximum Gasteiger partial charge on any atom is 3.00 e. The van der Waals surface area contributed by atoms with Gasteiger partial charge in [-0.15, -0.1) is 41.3 Å². The summed E-state index contributed by atoms with van der Waals surface area (Å²) in [6.45, 7) is 2.03. The van der Waals surface area contributed by atoms with E-state index in [1.54, 1.807) is 0 Å². The summed E-state index contributed by atoms with van der Waals surface area (Å²) < 4.78 is 6.71. The first kappa shape index (κ1) is 29.8. The molecule has 0 amide bonds. The molecular formula is C43H28IrN4+. The van der Waals surface area contributed by atoms with Crippen LogP contribution in [-0.2, 0) is 20.1 Å². The Bertz CT molecular complexity index is 2670. The Balaban J connectivity index is 0.000000203. The van der Waals surface area contributed by atoms with Crippen LogP contribution in [0, 0.1) is 25.4 Å². The van der Waals surface area contributed by atoms with Gasteiger partial charge in [0.15, 0.2) is 0 Å². The molecule has 0 fully saturated rings. The van der Waals surface area contributed by atoms with Crippen molar-refractivity contribution in [1.29, 1.82) is 0 Å². The number of nitrogens with zero attached hydrogens (tertiary/aromatic N) is 4. The molecule has 0 spiro atoms. The summed E-state index contributed by atoms with van der Waals surface area (Å²) in [5, 5.41) is 4.94. The third-order valence-electron chi connectivity index (χ3n) is 8.85. The average molecular weight is 793 g/mol. The number of benzene rings is 6. The summed E-state index contributed by atoms with van der Waals surface area (Å²) in [5.74, 6) is 0. The maximum atomic E-state index is 4.32. The first-order valence-electron chi connectivity index (χ1n) is 15.7. The minimum Gasteiger partial charge on any atom is -0.334 e. The Labute approximate surface area is 291 Å². The molecule has 10 aromatic rings. The van der Waals surface area contributed by atoms with Crippen molar-refractivity contribution < 1.29 is 24.7 Å². The number of hydrogen-bond acceptors (Lipinski definition) is 1. The van der Waals surface area contributed by atoms with Crippen LogP contribution < -0.4 is 4.57 Å². The molecule has 5 heteroatoms. The molecule has 0 saturated carbocycles. The van der Waals surface area contributed by atoms with E-state index in [0.717, 1.165) is 33.7 Å². The summed E-state index contributed by atoms with van der Waals surface area (Å²) in [7, 11) is 0. The van der Waals surface area contributed by atoms with Gasteiger partial charge in [0, 0.05) is 17.2 Å². The Hall–Kier alpha value is -5.61. The summed E-state index contributed by atoms with van der Waals surface area (Å²) in [4.78, 5) is 4.32. The van der Waals surface area contributed by atoms with E-state index in [1.807, 2.05) is 49.5 Å². The number of aryl methyl sites for hydroxylation is 1. The van der Waals surface area contributed by atoms with Gasteiger partial charge in [-0.25, -0.2) is 0 Å². The monoisotopic (exact) mass is 793 g/mol. The van der Waals surface area contributed by atoms with Crippen molar-refractivity contribution in [3.8, 4) is 22.6 Å². The van der Waals surface area contributed by atoms with Gasteiger partial charge in [0.1, 0.15) is 0 Å². The zero-order chi connectivity index (χ0) is 31.3. The molecule has 0 aliphatic heterocycles. The van der Waals surface area contributed by atoms with Crippen LogP contribution in [0.1, 0.15) is 5.56 Å². The van der Waals surface area contributed by atoms with Gasteiger partial charge in [0.2, 0.25) is 0 Å². The van der Waals surface area contributed by atoms with E-state index >= 15 is 0 Å². The molecule has 228 valence electrons. The molecule has 0 bridgehead atoms. The molecule has 6 aromatic carbocycles. The van der Waals surface area contributed by atoms with Gasteiger partial charge in [0.25, 0.3) is 6.33 Å². The fraction of sp³-hybridized carbons (Fsp3) is 0.0233. The summed E-state index contributed by atoms with van der Waals surface area (Å²) in [6, 6.07) is 57.1. The van der Waals surface area contributed by atoms with Crippen LogP contribution in [0.15, 0.2) is 152 Å². The van der Waals surface area contributed by atoms with Gasteiger partial charge in [-0.1, -0.05) is 107 Å². The summed E-state index contributed by atoms with van der Waals surface area (Å²) in [5.41, 5.74) is 11.2. The third-order valence-corrected chi connectivity index (χ3v) is 8.85. The second-order valence-electron chi connectivity index (χ2n) is 11.7. The van der Waals surface area contributed by atoms with E-state index in [1.165, 1.54) is 43.7 Å². The van der Waals surface area contributed by atoms with Gasteiger partial charge in [0.05, 0.1) is 16.7 Å². The van der Waals surface area contributed by atoms with Crippen LogP contribution in [0.3, 0.4) is 0 Å². The number of rotatable bonds is 3. The van der Waals surface area contributed by atoms with E-state index in [2.05, 4.69) is 146 Å². The van der Waals surface area contributed by atoms with Gasteiger partial charge in [-0.2, -0.15) is 12.1 Å². The molecule has 10 rings (SSSR count). The Morgan fingerprint density at radius 1 is 0.625 bits per heavy atom. The Kier molecular flexibility index (Phi) is 7.57. The fourth-order valence-electron chi connectivity index (χ4n) is 6.72. The average Bonchev–Trinajstić information content (AvgIpc) is 3.81. The number of aromatic nitrogens is 4. The van der Waals surface area contributed by atoms with Crippen molar-refractivity contribution in [3.63, 3.8) is 0 Å². The second-order valence-corrected chi connectivity index (χ2v) is 11.7. The molecule has 0 N–H and O–H groups in total. The van der Waals surface area contributed by atoms with Crippen molar-refractivity contribution in [2.45, 2.75) is 6.92 Å². The smallest absolute Gasteiger partial charge is 0.334 e. The number of pyridine rings is 1. The van der Waals surface area contributed by atoms with E-state index in [4.69, 9.17) is 0 Å². The van der Waals surface area contributed by atoms with Crippen molar-refractivity contribution in [2.24, 2.45) is 0 Å². The van der Waals surface area contributed by atoms with Crippen LogP contribution in [0.2, 0.25) is 0 Å². The van der Waals surface area contributed by atoms with Gasteiger partial charge in [-0.05, 0) is 53.5 Å². The van der Waals surface area contributed by atoms with Gasteiger partial charge in [-0.3, -0.25) is 4.57 Å². The molecule has 0 aliphatic carbocycles. The van der Waals surface area contributed by atoms with Crippen LogP contribution in [0.4, 0.5) is 0 Å². The van der Waals surface area contributed by atoms with Crippen molar-refractivity contribution >= 4 is 49.1 Å². The number of hydrogen-bond donors (Lipinski definition) is 0. The number of para-hydroxylation sites is 5. The second kappa shape index (κ2) is 12.2. The Morgan fingerprint density at radius 2 is 1.31 bits per heavy atom. The molecular weight excluding hydrogens is 765 g/mol. The molecule has 48 heavy (non-hydrogen) atoms. The topological polar surface area (TPSA) is 26.1 Å². The quantitative estimate of drug-likeness (QED) is 0.129. The van der Waals surface area contributed by atoms with Crippen molar-refractivity contribution in [1.82, 2.24) is 14.0 Å². The zero-order valence-electron chi connectivity index (χ0n) is 26.1. The molecule has 0 atom stereocenters. The van der Waals surface area contributed by atoms with Gasteiger partial charge < -0.3 is 14.0 Å². The molecule has 4 nitrogen and oxygen atoms in total. The van der Waals surface area contributed by atoms with E-state index in [-0.39, 0.29) is 20.1 Å². The Morgan fingerprint density at radius 3 is 2.06 bits per heavy atom. The first-order chi connectivity index (χ1) is 23.3. The van der Waals surface area contributed by atoms with E-state index in [0.29, 0.717) is 0 Å². The molecule has 0 aliphatic rings. The molecule has 0 saturated heterocycles. The van der Waals surface area contributed by atoms with Crippen LogP contribution in [-0.4, -0.2) is 14.0 Å². The number of imidazole rings is 1. The minimum atomic E-state index is 0. The SMILES string of the molecule is Cc1ccc(-c2[c-]cccc2)nc1.[Ir+3].[c-]1cc2c3ccccc3n3c4ccccc4c(c1-n1[c-][n+](-c4ccccc4)c4ccccc41)c23. The summed E-state index contributed by atoms with van der Waals surface area (Å²) >= 11 is 0. The van der Waals surface area contributed by atoms with Gasteiger partial charge >= 0.3 is 20.1 Å². The zero-order valence-corrected chi connectivity index (χ0v) is 28.5. The standard InChI is InChI=1S/C31H18N3.C12H10N.Ir/c1-2-10-21(11-3-1)32-20-33(28-17-9-8-16-27(28)32)29-19-18-23-22-12-4-6-14-25(22)34-26-15-7-5-13-24(26)30(29)31(23)34;1-10-7-8-12(13-9-10)11-5-3-2-4-6-11;/h1-18H;2-5,7-9H,1H3;/q2*-1;+3. The maximum absolute atomic E-state index is 4.32. The van der Waals surface area contributed by atoms with Crippen molar-refractivity contribution in [2.75, 3.05) is 0 Å². The molecule has 4 heterocycles. The summed E-state index contributed by atoms with van der Waals surface area (Å²) in [6.07, 6.45) is 5.51. The minimum absolute atomic E-state index is 0. The largest absolute Gasteiger partial charge is 3.00 e. The fourth-order valence-corrected chi connectivity index (χ4v) is 6.72. The predicted molar refractivity (Wildman–Crippen MR) is 190 cm³/mol. The van der Waals surface area contributed by atoms with Crippen LogP contribution in [0.25, 0.3) is 71.8 Å². The molecule has 0 unspecified atom stereocenters. The van der Waals surface area contributed by atoms with Crippen LogP contribution in [0.5, 0.6) is 0 Å². The first-order valence-corrected chi connectivity index (χ1v) is 15.7. The number of fused-ring (bicyclic) bond motifs is 7. The third kappa shape index (κ3) is 4.79. The van der Waals surface area contributed by atoms with Crippen LogP contribution >= 0.6 is 0 Å². The van der Waals surface area contributed by atoms with E-state index < -0.39 is 0 Å². The van der Waals surface area contributed by atoms with E-state index in [9.17, 15) is 0 Å². The predicted octanol–water partition coefficient (Wildman–Crippen LogP) is 9.51. The normalized spacial score (nSPS) is 11.3.